The van der Waals surface area contributed by atoms with Gasteiger partial charge >= 0.3 is 0 Å². The second kappa shape index (κ2) is 7.23. The maximum atomic E-state index is 12.4. The number of hydrogen-bond acceptors (Lipinski definition) is 6. The molecule has 0 unspecified atom stereocenters. The highest BCUT2D eigenvalue weighted by atomic mass is 32.1. The lowest BCUT2D eigenvalue weighted by Gasteiger charge is -2.20. The van der Waals surface area contributed by atoms with E-state index in [0.29, 0.717) is 22.3 Å². The molecule has 7 heteroatoms. The molecule has 3 aromatic rings. The lowest BCUT2D eigenvalue weighted by molar-refractivity contribution is 0.102. The van der Waals surface area contributed by atoms with E-state index in [1.807, 2.05) is 30.3 Å². The maximum absolute atomic E-state index is 12.4. The van der Waals surface area contributed by atoms with Gasteiger partial charge < -0.3 is 9.64 Å². The highest BCUT2D eigenvalue weighted by Gasteiger charge is 2.19. The molecule has 0 saturated carbocycles. The fourth-order valence-electron chi connectivity index (χ4n) is 2.73. The molecule has 26 heavy (non-hydrogen) atoms. The van der Waals surface area contributed by atoms with Crippen LogP contribution in [-0.2, 0) is 13.0 Å². The van der Waals surface area contributed by atoms with Gasteiger partial charge in [0, 0.05) is 36.7 Å². The maximum Gasteiger partial charge on any atom is 0.259 e. The summed E-state index contributed by atoms with van der Waals surface area (Å²) in [7, 11) is 2.09. The van der Waals surface area contributed by atoms with Crippen LogP contribution < -0.4 is 10.1 Å². The van der Waals surface area contributed by atoms with Gasteiger partial charge in [-0.25, -0.2) is 9.97 Å². The number of rotatable bonds is 4. The minimum atomic E-state index is -0.219. The van der Waals surface area contributed by atoms with Gasteiger partial charge in [0.2, 0.25) is 5.88 Å². The summed E-state index contributed by atoms with van der Waals surface area (Å²) in [4.78, 5) is 24.6. The van der Waals surface area contributed by atoms with E-state index in [9.17, 15) is 4.79 Å². The summed E-state index contributed by atoms with van der Waals surface area (Å²) in [6, 6.07) is 12.8. The van der Waals surface area contributed by atoms with Crippen molar-refractivity contribution in [3.8, 4) is 11.6 Å². The lowest BCUT2D eigenvalue weighted by Crippen LogP contribution is -2.25. The molecule has 0 radical (unpaired) electrons. The molecule has 1 aliphatic heterocycles. The molecule has 0 fully saturated rings. The molecule has 4 rings (SSSR count). The molecule has 1 N–H and O–H groups in total. The van der Waals surface area contributed by atoms with E-state index in [1.165, 1.54) is 22.4 Å². The minimum Gasteiger partial charge on any atom is -0.439 e. The number of aromatic nitrogens is 2. The van der Waals surface area contributed by atoms with Gasteiger partial charge in [0.25, 0.3) is 5.91 Å². The molecule has 0 spiro atoms. The molecule has 0 aliphatic carbocycles. The molecule has 0 saturated heterocycles. The number of amides is 1. The Kier molecular flexibility index (Phi) is 4.64. The Morgan fingerprint density at radius 1 is 1.23 bits per heavy atom. The molecule has 1 amide bonds. The molecule has 0 atom stereocenters. The van der Waals surface area contributed by atoms with Crippen molar-refractivity contribution in [3.05, 3.63) is 64.8 Å². The first-order valence-electron chi connectivity index (χ1n) is 8.35. The van der Waals surface area contributed by atoms with Crippen molar-refractivity contribution >= 4 is 22.4 Å². The zero-order valence-corrected chi connectivity index (χ0v) is 15.1. The summed E-state index contributed by atoms with van der Waals surface area (Å²) >= 11 is 1.54. The Hall–Kier alpha value is -2.77. The van der Waals surface area contributed by atoms with Crippen LogP contribution in [0.1, 0.15) is 20.9 Å². The standard InChI is InChI=1S/C19H18N4O2S/c1-23-10-9-15-16(12-23)26-19(21-15)22-18(24)13-7-8-17(20-11-13)25-14-5-3-2-4-6-14/h2-8,11H,9-10,12H2,1H3,(H,21,22,24). The first kappa shape index (κ1) is 16.7. The van der Waals surface area contributed by atoms with Gasteiger partial charge in [0.1, 0.15) is 5.75 Å². The van der Waals surface area contributed by atoms with Crippen molar-refractivity contribution in [2.24, 2.45) is 0 Å². The second-order valence-electron chi connectivity index (χ2n) is 6.13. The van der Waals surface area contributed by atoms with Crippen molar-refractivity contribution < 1.29 is 9.53 Å². The summed E-state index contributed by atoms with van der Waals surface area (Å²) in [6.07, 6.45) is 2.43. The number of thiazole rings is 1. The Morgan fingerprint density at radius 3 is 2.85 bits per heavy atom. The average molecular weight is 366 g/mol. The number of anilines is 1. The quantitative estimate of drug-likeness (QED) is 0.765. The van der Waals surface area contributed by atoms with Gasteiger partial charge in [0.15, 0.2) is 5.13 Å². The predicted molar refractivity (Wildman–Crippen MR) is 101 cm³/mol. The smallest absolute Gasteiger partial charge is 0.259 e. The van der Waals surface area contributed by atoms with Gasteiger partial charge in [-0.1, -0.05) is 18.2 Å². The number of hydrogen-bond donors (Lipinski definition) is 1. The number of nitrogens with zero attached hydrogens (tertiary/aromatic N) is 3. The number of nitrogens with one attached hydrogen (secondary N) is 1. The molecule has 1 aliphatic rings. The first-order chi connectivity index (χ1) is 12.7. The van der Waals surface area contributed by atoms with E-state index >= 15 is 0 Å². The molecular formula is C19H18N4O2S. The number of benzene rings is 1. The fraction of sp³-hybridized carbons (Fsp3) is 0.211. The third kappa shape index (κ3) is 3.74. The average Bonchev–Trinajstić information content (AvgIpc) is 3.04. The van der Waals surface area contributed by atoms with E-state index in [4.69, 9.17) is 4.74 Å². The van der Waals surface area contributed by atoms with Crippen molar-refractivity contribution in [1.29, 1.82) is 0 Å². The summed E-state index contributed by atoms with van der Waals surface area (Å²) < 4.78 is 5.64. The van der Waals surface area contributed by atoms with Gasteiger partial charge in [-0.15, -0.1) is 11.3 Å². The summed E-state index contributed by atoms with van der Waals surface area (Å²) in [6.45, 7) is 1.88. The van der Waals surface area contributed by atoms with E-state index < -0.39 is 0 Å². The fourth-order valence-corrected chi connectivity index (χ4v) is 3.81. The number of likely N-dealkylation sites (N-methyl/N-ethyl adjacent to an activating group) is 1. The van der Waals surface area contributed by atoms with Crippen LogP contribution in [0.5, 0.6) is 11.6 Å². The van der Waals surface area contributed by atoms with Crippen LogP contribution in [0.25, 0.3) is 0 Å². The van der Waals surface area contributed by atoms with Crippen LogP contribution in [0.2, 0.25) is 0 Å². The monoisotopic (exact) mass is 366 g/mol. The molecule has 1 aromatic carbocycles. The first-order valence-corrected chi connectivity index (χ1v) is 9.16. The zero-order chi connectivity index (χ0) is 17.9. The molecular weight excluding hydrogens is 348 g/mol. The topological polar surface area (TPSA) is 67.4 Å². The van der Waals surface area contributed by atoms with Gasteiger partial charge in [-0.3, -0.25) is 10.1 Å². The summed E-state index contributed by atoms with van der Waals surface area (Å²) in [5, 5.41) is 3.51. The van der Waals surface area contributed by atoms with E-state index in [-0.39, 0.29) is 5.91 Å². The number of pyridine rings is 1. The summed E-state index contributed by atoms with van der Waals surface area (Å²) in [5.41, 5.74) is 1.56. The van der Waals surface area contributed by atoms with Crippen molar-refractivity contribution in [2.45, 2.75) is 13.0 Å². The van der Waals surface area contributed by atoms with Gasteiger partial charge in [-0.2, -0.15) is 0 Å². The van der Waals surface area contributed by atoms with E-state index in [0.717, 1.165) is 25.2 Å². The molecule has 6 nitrogen and oxygen atoms in total. The van der Waals surface area contributed by atoms with E-state index in [2.05, 4.69) is 27.2 Å². The number of para-hydroxylation sites is 1. The Balaban J connectivity index is 1.42. The Bertz CT molecular complexity index is 909. The normalized spacial score (nSPS) is 13.9. The lowest BCUT2D eigenvalue weighted by atomic mass is 10.2. The molecule has 0 bridgehead atoms. The predicted octanol–water partition coefficient (Wildman–Crippen LogP) is 3.57. The van der Waals surface area contributed by atoms with Crippen LogP contribution in [0.3, 0.4) is 0 Å². The Labute approximate surface area is 155 Å². The van der Waals surface area contributed by atoms with Crippen molar-refractivity contribution in [2.75, 3.05) is 18.9 Å². The molecule has 3 heterocycles. The Morgan fingerprint density at radius 2 is 2.08 bits per heavy atom. The minimum absolute atomic E-state index is 0.219. The van der Waals surface area contributed by atoms with Gasteiger partial charge in [-0.05, 0) is 25.2 Å². The number of fused-ring (bicyclic) bond motifs is 1. The SMILES string of the molecule is CN1CCc2nc(NC(=O)c3ccc(Oc4ccccc4)nc3)sc2C1. The van der Waals surface area contributed by atoms with Crippen LogP contribution in [0.4, 0.5) is 5.13 Å². The second-order valence-corrected chi connectivity index (χ2v) is 7.21. The number of carbonyl (C=O) groups excluding carboxylic acids is 1. The third-order valence-corrected chi connectivity index (χ3v) is 5.10. The zero-order valence-electron chi connectivity index (χ0n) is 14.3. The third-order valence-electron chi connectivity index (χ3n) is 4.11. The van der Waals surface area contributed by atoms with Crippen LogP contribution in [-0.4, -0.2) is 34.4 Å². The van der Waals surface area contributed by atoms with Crippen molar-refractivity contribution in [1.82, 2.24) is 14.9 Å². The van der Waals surface area contributed by atoms with Crippen LogP contribution in [0.15, 0.2) is 48.7 Å². The number of ether oxygens (including phenoxy) is 1. The van der Waals surface area contributed by atoms with Gasteiger partial charge in [0.05, 0.1) is 11.3 Å². The van der Waals surface area contributed by atoms with Crippen LogP contribution in [0, 0.1) is 0 Å². The highest BCUT2D eigenvalue weighted by molar-refractivity contribution is 7.15. The molecule has 132 valence electrons. The summed E-state index contributed by atoms with van der Waals surface area (Å²) in [5.74, 6) is 0.930. The van der Waals surface area contributed by atoms with Crippen molar-refractivity contribution in [3.63, 3.8) is 0 Å². The molecule has 2 aromatic heterocycles. The largest absolute Gasteiger partial charge is 0.439 e. The van der Waals surface area contributed by atoms with E-state index in [1.54, 1.807) is 12.1 Å². The number of carbonyl (C=O) groups is 1. The highest BCUT2D eigenvalue weighted by Crippen LogP contribution is 2.28. The van der Waals surface area contributed by atoms with Crippen LogP contribution >= 0.6 is 11.3 Å².